The summed E-state index contributed by atoms with van der Waals surface area (Å²) in [7, 11) is 3.11. The van der Waals surface area contributed by atoms with E-state index in [1.54, 1.807) is 38.5 Å². The Kier molecular flexibility index (Phi) is 4.66. The minimum atomic E-state index is -0.494. The first-order valence-electron chi connectivity index (χ1n) is 7.10. The Morgan fingerprint density at radius 3 is 2.42 bits per heavy atom. The van der Waals surface area contributed by atoms with Crippen LogP contribution in [0, 0.1) is 0 Å². The first-order valence-corrected chi connectivity index (χ1v) is 7.90. The van der Waals surface area contributed by atoms with Gasteiger partial charge in [0.1, 0.15) is 11.5 Å². The summed E-state index contributed by atoms with van der Waals surface area (Å²) in [5.41, 5.74) is 1.70. The number of hydrogen-bond acceptors (Lipinski definition) is 5. The monoisotopic (exact) mass is 387 g/mol. The van der Waals surface area contributed by atoms with Gasteiger partial charge < -0.3 is 14.2 Å². The second-order valence-electron chi connectivity index (χ2n) is 4.99. The molecular weight excluding hydrogens is 374 g/mol. The minimum Gasteiger partial charge on any atom is -0.497 e. The zero-order chi connectivity index (χ0) is 17.1. The molecule has 1 aliphatic rings. The summed E-state index contributed by atoms with van der Waals surface area (Å²) in [5, 5.41) is 0. The van der Waals surface area contributed by atoms with Crippen LogP contribution < -0.4 is 9.47 Å². The topological polar surface area (TPSA) is 57.1 Å². The van der Waals surface area contributed by atoms with Gasteiger partial charge in [-0.05, 0) is 35.9 Å². The molecule has 122 valence electrons. The minimum absolute atomic E-state index is 0.221. The highest BCUT2D eigenvalue weighted by Crippen LogP contribution is 2.26. The van der Waals surface area contributed by atoms with Crippen LogP contribution in [0.15, 0.2) is 57.6 Å². The van der Waals surface area contributed by atoms with Crippen molar-refractivity contribution < 1.29 is 19.0 Å². The van der Waals surface area contributed by atoms with Gasteiger partial charge in [-0.2, -0.15) is 0 Å². The van der Waals surface area contributed by atoms with Crippen LogP contribution in [0.3, 0.4) is 0 Å². The Labute approximate surface area is 147 Å². The van der Waals surface area contributed by atoms with Gasteiger partial charge in [0.25, 0.3) is 0 Å². The van der Waals surface area contributed by atoms with Crippen molar-refractivity contribution in [3.8, 4) is 11.5 Å². The van der Waals surface area contributed by atoms with Crippen molar-refractivity contribution in [2.24, 2.45) is 4.99 Å². The molecule has 0 fully saturated rings. The number of aliphatic imine (C=N–C) groups is 1. The summed E-state index contributed by atoms with van der Waals surface area (Å²) >= 11 is 3.40. The van der Waals surface area contributed by atoms with Crippen molar-refractivity contribution in [3.63, 3.8) is 0 Å². The van der Waals surface area contributed by atoms with Crippen LogP contribution in [0.4, 0.5) is 0 Å². The third kappa shape index (κ3) is 3.49. The third-order valence-electron chi connectivity index (χ3n) is 3.37. The molecule has 0 aliphatic carbocycles. The van der Waals surface area contributed by atoms with Crippen LogP contribution in [-0.2, 0) is 9.53 Å². The lowest BCUT2D eigenvalue weighted by Crippen LogP contribution is -2.06. The fraction of sp³-hybridized carbons (Fsp3) is 0.111. The van der Waals surface area contributed by atoms with Crippen LogP contribution in [-0.4, -0.2) is 26.1 Å². The lowest BCUT2D eigenvalue weighted by molar-refractivity contribution is -0.129. The van der Waals surface area contributed by atoms with Crippen molar-refractivity contribution in [2.45, 2.75) is 0 Å². The van der Waals surface area contributed by atoms with Crippen LogP contribution in [0.5, 0.6) is 11.5 Å². The molecule has 0 amide bonds. The summed E-state index contributed by atoms with van der Waals surface area (Å²) in [6.07, 6.45) is 1.68. The maximum Gasteiger partial charge on any atom is 0.363 e. The number of esters is 1. The molecule has 2 aromatic carbocycles. The number of carbonyl (C=O) groups excluding carboxylic acids is 1. The van der Waals surface area contributed by atoms with E-state index in [-0.39, 0.29) is 11.6 Å². The number of cyclic esters (lactones) is 1. The van der Waals surface area contributed by atoms with E-state index >= 15 is 0 Å². The number of carbonyl (C=O) groups is 1. The Morgan fingerprint density at radius 2 is 1.79 bits per heavy atom. The van der Waals surface area contributed by atoms with Crippen molar-refractivity contribution in [2.75, 3.05) is 14.2 Å². The quantitative estimate of drug-likeness (QED) is 0.591. The maximum absolute atomic E-state index is 12.1. The van der Waals surface area contributed by atoms with Gasteiger partial charge >= 0.3 is 5.97 Å². The maximum atomic E-state index is 12.1. The van der Waals surface area contributed by atoms with Crippen LogP contribution in [0.2, 0.25) is 0 Å². The smallest absolute Gasteiger partial charge is 0.363 e. The van der Waals surface area contributed by atoms with Crippen molar-refractivity contribution in [1.82, 2.24) is 0 Å². The molecule has 6 heteroatoms. The van der Waals surface area contributed by atoms with E-state index in [4.69, 9.17) is 14.2 Å². The van der Waals surface area contributed by atoms with E-state index in [2.05, 4.69) is 20.9 Å². The summed E-state index contributed by atoms with van der Waals surface area (Å²) in [5.74, 6) is 0.908. The predicted octanol–water partition coefficient (Wildman–Crippen LogP) is 3.81. The van der Waals surface area contributed by atoms with E-state index in [0.29, 0.717) is 17.1 Å². The Morgan fingerprint density at radius 1 is 1.08 bits per heavy atom. The molecule has 0 spiro atoms. The number of rotatable bonds is 4. The molecule has 2 aromatic rings. The van der Waals surface area contributed by atoms with Crippen LogP contribution in [0.1, 0.15) is 11.1 Å². The van der Waals surface area contributed by atoms with Gasteiger partial charge in [-0.1, -0.05) is 28.1 Å². The van der Waals surface area contributed by atoms with Crippen molar-refractivity contribution in [3.05, 3.63) is 63.8 Å². The number of methoxy groups -OCH3 is 2. The molecule has 0 N–H and O–H groups in total. The predicted molar refractivity (Wildman–Crippen MR) is 94.3 cm³/mol. The lowest BCUT2D eigenvalue weighted by atomic mass is 10.2. The highest BCUT2D eigenvalue weighted by atomic mass is 79.9. The zero-order valence-corrected chi connectivity index (χ0v) is 14.7. The van der Waals surface area contributed by atoms with Gasteiger partial charge in [-0.15, -0.1) is 0 Å². The Bertz CT molecular complexity index is 836. The number of ether oxygens (including phenoxy) is 3. The average molecular weight is 388 g/mol. The first kappa shape index (κ1) is 16.3. The molecule has 1 aliphatic heterocycles. The summed E-state index contributed by atoms with van der Waals surface area (Å²) in [6.45, 7) is 0. The number of benzene rings is 2. The molecule has 3 rings (SSSR count). The molecule has 5 nitrogen and oxygen atoms in total. The Balaban J connectivity index is 1.97. The largest absolute Gasteiger partial charge is 0.497 e. The molecule has 0 radical (unpaired) electrons. The molecule has 0 unspecified atom stereocenters. The van der Waals surface area contributed by atoms with E-state index < -0.39 is 5.97 Å². The first-order chi connectivity index (χ1) is 11.6. The van der Waals surface area contributed by atoms with E-state index in [0.717, 1.165) is 10.0 Å². The van der Waals surface area contributed by atoms with Gasteiger partial charge in [0.05, 0.1) is 14.2 Å². The van der Waals surface area contributed by atoms with Crippen LogP contribution >= 0.6 is 15.9 Å². The highest BCUT2D eigenvalue weighted by molar-refractivity contribution is 9.10. The van der Waals surface area contributed by atoms with Gasteiger partial charge in [0.2, 0.25) is 5.90 Å². The third-order valence-corrected chi connectivity index (χ3v) is 3.86. The second kappa shape index (κ2) is 6.88. The van der Waals surface area contributed by atoms with Gasteiger partial charge in [0, 0.05) is 16.1 Å². The molecule has 0 bridgehead atoms. The molecular formula is C18H14BrNO4. The number of nitrogens with zero attached hydrogens (tertiary/aromatic N) is 1. The number of hydrogen-bond donors (Lipinski definition) is 0. The van der Waals surface area contributed by atoms with Gasteiger partial charge in [-0.3, -0.25) is 0 Å². The fourth-order valence-corrected chi connectivity index (χ4v) is 2.63. The zero-order valence-electron chi connectivity index (χ0n) is 13.1. The van der Waals surface area contributed by atoms with E-state index in [1.165, 1.54) is 0 Å². The average Bonchev–Trinajstić information content (AvgIpc) is 2.95. The molecule has 1 heterocycles. The lowest BCUT2D eigenvalue weighted by Gasteiger charge is -2.07. The summed E-state index contributed by atoms with van der Waals surface area (Å²) in [6, 6.07) is 12.8. The second-order valence-corrected chi connectivity index (χ2v) is 5.91. The number of halogens is 1. The molecule has 0 saturated carbocycles. The normalized spacial score (nSPS) is 15.2. The summed E-state index contributed by atoms with van der Waals surface area (Å²) in [4.78, 5) is 16.4. The summed E-state index contributed by atoms with van der Waals surface area (Å²) < 4.78 is 16.7. The molecule has 0 aromatic heterocycles. The van der Waals surface area contributed by atoms with E-state index in [9.17, 15) is 4.79 Å². The Hall–Kier alpha value is -2.60. The molecule has 0 saturated heterocycles. The highest BCUT2D eigenvalue weighted by Gasteiger charge is 2.25. The van der Waals surface area contributed by atoms with E-state index in [1.807, 2.05) is 24.3 Å². The molecule has 0 atom stereocenters. The SMILES string of the molecule is COc1cc(OC)cc(C2=N/C(=C\c3cccc(Br)c3)C(=O)O2)c1. The molecule has 24 heavy (non-hydrogen) atoms. The van der Waals surface area contributed by atoms with Crippen LogP contribution in [0.25, 0.3) is 6.08 Å². The van der Waals surface area contributed by atoms with Crippen molar-refractivity contribution >= 4 is 33.9 Å². The van der Waals surface area contributed by atoms with Gasteiger partial charge in [-0.25, -0.2) is 9.79 Å². The standard InChI is InChI=1S/C18H14BrNO4/c1-22-14-8-12(9-15(10-14)23-2)17-20-16(18(21)24-17)7-11-4-3-5-13(19)6-11/h3-10H,1-2H3/b16-7-. The van der Waals surface area contributed by atoms with Crippen molar-refractivity contribution in [1.29, 1.82) is 0 Å². The van der Waals surface area contributed by atoms with Gasteiger partial charge in [0.15, 0.2) is 5.70 Å². The fourth-order valence-electron chi connectivity index (χ4n) is 2.22.